The predicted molar refractivity (Wildman–Crippen MR) is 77.4 cm³/mol. The number of nitrogens with two attached hydrogens (primary N) is 1. The molecule has 2 saturated heterocycles. The second-order valence-corrected chi connectivity index (χ2v) is 6.00. The average Bonchev–Trinajstić information content (AvgIpc) is 3.05. The summed E-state index contributed by atoms with van der Waals surface area (Å²) in [7, 11) is 0. The van der Waals surface area contributed by atoms with Gasteiger partial charge in [0.2, 0.25) is 5.91 Å². The van der Waals surface area contributed by atoms with Crippen LogP contribution in [0.4, 0.5) is 0 Å². The molecule has 1 aromatic carbocycles. The molecule has 2 bridgehead atoms. The van der Waals surface area contributed by atoms with Crippen LogP contribution < -0.4 is 5.73 Å². The van der Waals surface area contributed by atoms with Crippen molar-refractivity contribution in [2.24, 2.45) is 11.7 Å². The van der Waals surface area contributed by atoms with E-state index in [9.17, 15) is 14.7 Å². The van der Waals surface area contributed by atoms with E-state index in [1.54, 1.807) is 4.90 Å². The predicted octanol–water partition coefficient (Wildman–Crippen LogP) is 1.54. The van der Waals surface area contributed by atoms with Gasteiger partial charge in [-0.05, 0) is 24.8 Å². The first-order valence-corrected chi connectivity index (χ1v) is 7.42. The maximum atomic E-state index is 12.5. The highest BCUT2D eigenvalue weighted by Gasteiger charge is 2.51. The monoisotopic (exact) mass is 288 g/mol. The highest BCUT2D eigenvalue weighted by Crippen LogP contribution is 2.42. The number of carboxylic acids is 1. The number of amides is 1. The minimum atomic E-state index is -0.785. The first-order valence-electron chi connectivity index (χ1n) is 7.42. The Bertz CT molecular complexity index is 546. The van der Waals surface area contributed by atoms with Gasteiger partial charge in [-0.25, -0.2) is 0 Å². The molecule has 112 valence electrons. The van der Waals surface area contributed by atoms with Crippen LogP contribution in [0, 0.1) is 5.92 Å². The Morgan fingerprint density at radius 3 is 2.62 bits per heavy atom. The fourth-order valence-electron chi connectivity index (χ4n) is 3.75. The topological polar surface area (TPSA) is 83.6 Å². The summed E-state index contributed by atoms with van der Waals surface area (Å²) in [6.45, 7) is 0. The molecular weight excluding hydrogens is 268 g/mol. The second kappa shape index (κ2) is 5.48. The average molecular weight is 288 g/mol. The van der Waals surface area contributed by atoms with Crippen molar-refractivity contribution in [3.8, 4) is 0 Å². The molecule has 1 aromatic rings. The third-order valence-corrected chi connectivity index (χ3v) is 4.76. The minimum absolute atomic E-state index is 0.0115. The molecular formula is C16H20N2O3. The lowest BCUT2D eigenvalue weighted by Crippen LogP contribution is -2.39. The van der Waals surface area contributed by atoms with E-state index in [-0.39, 0.29) is 30.5 Å². The van der Waals surface area contributed by atoms with E-state index in [4.69, 9.17) is 5.73 Å². The van der Waals surface area contributed by atoms with Crippen LogP contribution in [0.15, 0.2) is 30.3 Å². The molecule has 2 aliphatic heterocycles. The molecule has 3 N–H and O–H groups in total. The van der Waals surface area contributed by atoms with Crippen LogP contribution in [0.2, 0.25) is 0 Å². The molecule has 0 aliphatic carbocycles. The van der Waals surface area contributed by atoms with Crippen molar-refractivity contribution < 1.29 is 14.7 Å². The highest BCUT2D eigenvalue weighted by atomic mass is 16.4. The number of nitrogens with zero attached hydrogens (tertiary/aromatic N) is 1. The summed E-state index contributed by atoms with van der Waals surface area (Å²) in [5.74, 6) is -1.20. The summed E-state index contributed by atoms with van der Waals surface area (Å²) in [4.78, 5) is 25.5. The summed E-state index contributed by atoms with van der Waals surface area (Å²) in [6.07, 6.45) is 2.55. The van der Waals surface area contributed by atoms with Gasteiger partial charge in [-0.3, -0.25) is 9.59 Å². The van der Waals surface area contributed by atoms with E-state index in [0.717, 1.165) is 18.4 Å². The van der Waals surface area contributed by atoms with Crippen molar-refractivity contribution in [2.45, 2.75) is 43.8 Å². The number of carboxylic acid groups (broad SMARTS) is 1. The van der Waals surface area contributed by atoms with Gasteiger partial charge in [0.25, 0.3) is 0 Å². The third kappa shape index (κ3) is 2.53. The third-order valence-electron chi connectivity index (χ3n) is 4.76. The molecule has 2 aliphatic rings. The first-order chi connectivity index (χ1) is 10.1. The Kier molecular flexibility index (Phi) is 3.68. The quantitative estimate of drug-likeness (QED) is 0.880. The van der Waals surface area contributed by atoms with E-state index >= 15 is 0 Å². The molecule has 1 amide bonds. The second-order valence-electron chi connectivity index (χ2n) is 6.00. The van der Waals surface area contributed by atoms with Gasteiger partial charge in [-0.15, -0.1) is 0 Å². The number of aliphatic carboxylic acids is 1. The summed E-state index contributed by atoms with van der Waals surface area (Å²) in [6, 6.07) is 9.17. The van der Waals surface area contributed by atoms with Crippen molar-refractivity contribution in [1.29, 1.82) is 0 Å². The van der Waals surface area contributed by atoms with Gasteiger partial charge in [0.15, 0.2) is 0 Å². The Hall–Kier alpha value is -1.88. The van der Waals surface area contributed by atoms with Gasteiger partial charge in [0.05, 0.1) is 5.92 Å². The molecule has 5 heteroatoms. The number of benzene rings is 1. The molecule has 0 aromatic heterocycles. The summed E-state index contributed by atoms with van der Waals surface area (Å²) in [5, 5.41) is 9.23. The van der Waals surface area contributed by atoms with Crippen molar-refractivity contribution in [2.75, 3.05) is 0 Å². The van der Waals surface area contributed by atoms with Crippen molar-refractivity contribution >= 4 is 11.9 Å². The Morgan fingerprint density at radius 1 is 1.29 bits per heavy atom. The molecule has 21 heavy (non-hydrogen) atoms. The number of hydrogen-bond donors (Lipinski definition) is 2. The standard InChI is InChI=1S/C16H20N2O3/c17-13(10-4-2-1-3-5-10)9-15(19)18-11-6-7-14(18)12(8-11)16(20)21/h1-5,11-14H,6-9,17H2,(H,20,21). The largest absolute Gasteiger partial charge is 0.481 e. The van der Waals surface area contributed by atoms with Gasteiger partial charge >= 0.3 is 5.97 Å². The van der Waals surface area contributed by atoms with E-state index in [1.165, 1.54) is 0 Å². The SMILES string of the molecule is NC(CC(=O)N1C2CCC1C(C(=O)O)C2)c1ccccc1. The van der Waals surface area contributed by atoms with Crippen molar-refractivity contribution in [3.05, 3.63) is 35.9 Å². The molecule has 2 heterocycles. The van der Waals surface area contributed by atoms with Crippen LogP contribution in [0.1, 0.15) is 37.3 Å². The maximum absolute atomic E-state index is 12.5. The first kappa shape index (κ1) is 14.1. The van der Waals surface area contributed by atoms with Gasteiger partial charge in [-0.2, -0.15) is 0 Å². The summed E-state index contributed by atoms with van der Waals surface area (Å²) >= 11 is 0. The van der Waals surface area contributed by atoms with Crippen LogP contribution in [0.3, 0.4) is 0 Å². The van der Waals surface area contributed by atoms with Crippen LogP contribution in [-0.4, -0.2) is 34.0 Å². The molecule has 0 saturated carbocycles. The molecule has 2 fully saturated rings. The summed E-state index contributed by atoms with van der Waals surface area (Å²) < 4.78 is 0. The van der Waals surface area contributed by atoms with E-state index in [1.807, 2.05) is 30.3 Å². The fourth-order valence-corrected chi connectivity index (χ4v) is 3.75. The molecule has 0 spiro atoms. The Morgan fingerprint density at radius 2 is 2.00 bits per heavy atom. The Labute approximate surface area is 123 Å². The zero-order valence-corrected chi connectivity index (χ0v) is 11.8. The summed E-state index contributed by atoms with van der Waals surface area (Å²) in [5.41, 5.74) is 7.04. The highest BCUT2D eigenvalue weighted by molar-refractivity contribution is 5.81. The zero-order chi connectivity index (χ0) is 15.0. The molecule has 5 nitrogen and oxygen atoms in total. The van der Waals surface area contributed by atoms with Crippen molar-refractivity contribution in [3.63, 3.8) is 0 Å². The van der Waals surface area contributed by atoms with E-state index < -0.39 is 11.9 Å². The molecule has 0 radical (unpaired) electrons. The Balaban J connectivity index is 1.68. The number of fused-ring (bicyclic) bond motifs is 2. The van der Waals surface area contributed by atoms with Crippen LogP contribution in [-0.2, 0) is 9.59 Å². The number of carbonyl (C=O) groups excluding carboxylic acids is 1. The van der Waals surface area contributed by atoms with Crippen LogP contribution >= 0.6 is 0 Å². The molecule has 3 rings (SSSR count). The van der Waals surface area contributed by atoms with Gasteiger partial charge in [0, 0.05) is 24.5 Å². The van der Waals surface area contributed by atoms with Crippen LogP contribution in [0.25, 0.3) is 0 Å². The van der Waals surface area contributed by atoms with E-state index in [2.05, 4.69) is 0 Å². The maximum Gasteiger partial charge on any atom is 0.308 e. The lowest BCUT2D eigenvalue weighted by atomic mass is 9.89. The lowest BCUT2D eigenvalue weighted by Gasteiger charge is -2.24. The smallest absolute Gasteiger partial charge is 0.308 e. The zero-order valence-electron chi connectivity index (χ0n) is 11.8. The number of hydrogen-bond acceptors (Lipinski definition) is 3. The van der Waals surface area contributed by atoms with Gasteiger partial charge in [0.1, 0.15) is 0 Å². The van der Waals surface area contributed by atoms with E-state index in [0.29, 0.717) is 6.42 Å². The van der Waals surface area contributed by atoms with Gasteiger partial charge < -0.3 is 15.7 Å². The van der Waals surface area contributed by atoms with Crippen molar-refractivity contribution in [1.82, 2.24) is 4.90 Å². The normalized spacial score (nSPS) is 28.6. The number of rotatable bonds is 4. The minimum Gasteiger partial charge on any atom is -0.481 e. The molecule has 4 atom stereocenters. The van der Waals surface area contributed by atoms with Gasteiger partial charge in [-0.1, -0.05) is 30.3 Å². The number of carbonyl (C=O) groups is 2. The molecule has 4 unspecified atom stereocenters. The lowest BCUT2D eigenvalue weighted by molar-refractivity contribution is -0.143. The van der Waals surface area contributed by atoms with Crippen LogP contribution in [0.5, 0.6) is 0 Å². The fraction of sp³-hybridized carbons (Fsp3) is 0.500.